The molecule has 2 heterocycles. The van der Waals surface area contributed by atoms with Crippen LogP contribution < -0.4 is 0 Å². The van der Waals surface area contributed by atoms with Crippen molar-refractivity contribution in [2.45, 2.75) is 0 Å². The molecule has 0 aliphatic carbocycles. The molecule has 0 amide bonds. The molecule has 0 unspecified atom stereocenters. The Morgan fingerprint density at radius 1 is 0.778 bits per heavy atom. The van der Waals surface area contributed by atoms with Crippen LogP contribution >= 0.6 is 22.9 Å². The largest absolute Gasteiger partial charge is 0.235 e. The smallest absolute Gasteiger partial charge is 0.147 e. The Balaban J connectivity index is 1.89. The van der Waals surface area contributed by atoms with E-state index in [4.69, 9.17) is 11.6 Å². The first-order valence-corrected chi connectivity index (χ1v) is 9.81. The summed E-state index contributed by atoms with van der Waals surface area (Å²) >= 11 is 8.00. The summed E-state index contributed by atoms with van der Waals surface area (Å²) in [6.45, 7) is 0. The van der Waals surface area contributed by atoms with Gasteiger partial charge < -0.3 is 0 Å². The fourth-order valence-electron chi connectivity index (χ4n) is 4.00. The van der Waals surface area contributed by atoms with Crippen LogP contribution in [0.2, 0.25) is 5.15 Å². The molecule has 0 aliphatic rings. The molecule has 0 saturated carbocycles. The van der Waals surface area contributed by atoms with Crippen LogP contribution in [0.3, 0.4) is 0 Å². The summed E-state index contributed by atoms with van der Waals surface area (Å²) in [6.07, 6.45) is 0. The standard InChI is InChI=1S/C23H11ClFNS/c24-23-22-20(21-17(25)6-3-7-19(21)27-22)16-10-13-9-8-12-4-1-2-5-14(12)15(13)11-18(16)26-23/h1-11H. The summed E-state index contributed by atoms with van der Waals surface area (Å²) in [6, 6.07) is 21.9. The maximum Gasteiger partial charge on any atom is 0.147 e. The second-order valence-electron chi connectivity index (χ2n) is 6.70. The first-order chi connectivity index (χ1) is 13.2. The average Bonchev–Trinajstić information content (AvgIpc) is 3.09. The molecule has 0 radical (unpaired) electrons. The molecule has 0 fully saturated rings. The maximum atomic E-state index is 14.7. The van der Waals surface area contributed by atoms with E-state index in [1.165, 1.54) is 28.2 Å². The third kappa shape index (κ3) is 2.07. The summed E-state index contributed by atoms with van der Waals surface area (Å²) in [5.74, 6) is -0.221. The predicted octanol–water partition coefficient (Wildman–Crippen LogP) is 7.70. The molecule has 1 nitrogen and oxygen atoms in total. The number of nitrogens with zero attached hydrogens (tertiary/aromatic N) is 1. The van der Waals surface area contributed by atoms with Crippen LogP contribution in [0, 0.1) is 5.82 Å². The quantitative estimate of drug-likeness (QED) is 0.148. The van der Waals surface area contributed by atoms with Crippen LogP contribution in [-0.4, -0.2) is 4.98 Å². The van der Waals surface area contributed by atoms with Crippen molar-refractivity contribution < 1.29 is 4.39 Å². The third-order valence-corrected chi connectivity index (χ3v) is 6.75. The third-order valence-electron chi connectivity index (χ3n) is 5.20. The number of thiophene rings is 1. The van der Waals surface area contributed by atoms with Crippen LogP contribution in [0.1, 0.15) is 0 Å². The van der Waals surface area contributed by atoms with Crippen molar-refractivity contribution in [3.8, 4) is 0 Å². The van der Waals surface area contributed by atoms with Crippen LogP contribution in [0.15, 0.2) is 66.7 Å². The van der Waals surface area contributed by atoms with E-state index in [1.807, 2.05) is 18.2 Å². The Labute approximate surface area is 162 Å². The molecule has 0 aliphatic heterocycles. The van der Waals surface area contributed by atoms with Gasteiger partial charge in [-0.15, -0.1) is 11.3 Å². The highest BCUT2D eigenvalue weighted by atomic mass is 35.5. The summed E-state index contributed by atoms with van der Waals surface area (Å²) in [4.78, 5) is 4.64. The minimum atomic E-state index is -0.221. The monoisotopic (exact) mass is 387 g/mol. The Morgan fingerprint density at radius 2 is 1.63 bits per heavy atom. The zero-order valence-corrected chi connectivity index (χ0v) is 15.5. The Hall–Kier alpha value is -2.75. The van der Waals surface area contributed by atoms with Gasteiger partial charge in [0.2, 0.25) is 0 Å². The number of hydrogen-bond acceptors (Lipinski definition) is 2. The Morgan fingerprint density at radius 3 is 2.56 bits per heavy atom. The lowest BCUT2D eigenvalue weighted by molar-refractivity contribution is 0.641. The van der Waals surface area contributed by atoms with Crippen molar-refractivity contribution in [3.05, 3.63) is 77.7 Å². The van der Waals surface area contributed by atoms with Gasteiger partial charge in [-0.3, -0.25) is 0 Å². The Bertz CT molecular complexity index is 1550. The first-order valence-electron chi connectivity index (χ1n) is 8.62. The van der Waals surface area contributed by atoms with Gasteiger partial charge in [-0.05, 0) is 45.8 Å². The number of halogens is 2. The topological polar surface area (TPSA) is 12.9 Å². The van der Waals surface area contributed by atoms with E-state index in [2.05, 4.69) is 41.4 Å². The molecule has 27 heavy (non-hydrogen) atoms. The SMILES string of the molecule is Fc1cccc2sc3c(Cl)nc4cc5c(ccc6ccccc65)cc4c3c12. The van der Waals surface area contributed by atoms with Crippen molar-refractivity contribution in [2.24, 2.45) is 0 Å². The van der Waals surface area contributed by atoms with Crippen molar-refractivity contribution >= 4 is 75.6 Å². The molecule has 0 saturated heterocycles. The van der Waals surface area contributed by atoms with Crippen molar-refractivity contribution in [2.75, 3.05) is 0 Å². The number of fused-ring (bicyclic) bond motifs is 8. The van der Waals surface area contributed by atoms with Crippen molar-refractivity contribution in [1.82, 2.24) is 4.98 Å². The van der Waals surface area contributed by atoms with Gasteiger partial charge in [0.1, 0.15) is 11.0 Å². The maximum absolute atomic E-state index is 14.7. The number of pyridine rings is 1. The molecule has 0 bridgehead atoms. The van der Waals surface area contributed by atoms with Crippen molar-refractivity contribution in [3.63, 3.8) is 0 Å². The van der Waals surface area contributed by atoms with Crippen LogP contribution in [0.5, 0.6) is 0 Å². The highest BCUT2D eigenvalue weighted by molar-refractivity contribution is 7.26. The van der Waals surface area contributed by atoms with Gasteiger partial charge in [0.05, 0.1) is 10.2 Å². The molecule has 4 heteroatoms. The number of rotatable bonds is 0. The molecular formula is C23H11ClFNS. The van der Waals surface area contributed by atoms with E-state index in [-0.39, 0.29) is 5.82 Å². The second-order valence-corrected chi connectivity index (χ2v) is 8.11. The van der Waals surface area contributed by atoms with E-state index < -0.39 is 0 Å². The van der Waals surface area contributed by atoms with Gasteiger partial charge in [-0.2, -0.15) is 0 Å². The predicted molar refractivity (Wildman–Crippen MR) is 115 cm³/mol. The van der Waals surface area contributed by atoms with Crippen molar-refractivity contribution in [1.29, 1.82) is 0 Å². The minimum Gasteiger partial charge on any atom is -0.235 e. The highest BCUT2D eigenvalue weighted by Gasteiger charge is 2.17. The number of hydrogen-bond donors (Lipinski definition) is 0. The van der Waals surface area contributed by atoms with Crippen LogP contribution in [-0.2, 0) is 0 Å². The molecule has 0 spiro atoms. The normalized spacial score (nSPS) is 12.1. The van der Waals surface area contributed by atoms with E-state index in [1.54, 1.807) is 6.07 Å². The van der Waals surface area contributed by atoms with Crippen LogP contribution in [0.4, 0.5) is 4.39 Å². The lowest BCUT2D eigenvalue weighted by Crippen LogP contribution is -1.85. The fourth-order valence-corrected chi connectivity index (χ4v) is 5.41. The van der Waals surface area contributed by atoms with Gasteiger partial charge in [0, 0.05) is 20.9 Å². The Kier molecular flexibility index (Phi) is 3.05. The van der Waals surface area contributed by atoms with E-state index in [9.17, 15) is 4.39 Å². The molecule has 128 valence electrons. The summed E-state index contributed by atoms with van der Waals surface area (Å²) in [7, 11) is 0. The van der Waals surface area contributed by atoms with Gasteiger partial charge >= 0.3 is 0 Å². The minimum absolute atomic E-state index is 0.221. The average molecular weight is 388 g/mol. The fraction of sp³-hybridized carbons (Fsp3) is 0. The van der Waals surface area contributed by atoms with Gasteiger partial charge in [0.15, 0.2) is 0 Å². The zero-order valence-electron chi connectivity index (χ0n) is 14.0. The summed E-state index contributed by atoms with van der Waals surface area (Å²) in [5.41, 5.74) is 0.791. The van der Waals surface area contributed by atoms with Gasteiger partial charge in [-0.25, -0.2) is 9.37 Å². The first kappa shape index (κ1) is 15.3. The molecule has 2 aromatic heterocycles. The van der Waals surface area contributed by atoms with Crippen LogP contribution in [0.25, 0.3) is 52.6 Å². The molecule has 0 atom stereocenters. The van der Waals surface area contributed by atoms with Gasteiger partial charge in [-0.1, -0.05) is 54.1 Å². The summed E-state index contributed by atoms with van der Waals surface area (Å²) < 4.78 is 16.4. The van der Waals surface area contributed by atoms with E-state index >= 15 is 0 Å². The second kappa shape index (κ2) is 5.38. The lowest BCUT2D eigenvalue weighted by atomic mass is 9.98. The molecule has 4 aromatic carbocycles. The lowest BCUT2D eigenvalue weighted by Gasteiger charge is -2.08. The van der Waals surface area contributed by atoms with Gasteiger partial charge in [0.25, 0.3) is 0 Å². The number of benzene rings is 4. The zero-order chi connectivity index (χ0) is 18.1. The number of aromatic nitrogens is 1. The van der Waals surface area contributed by atoms with E-state index in [0.29, 0.717) is 10.5 Å². The molecule has 6 aromatic rings. The highest BCUT2D eigenvalue weighted by Crippen LogP contribution is 2.43. The summed E-state index contributed by atoms with van der Waals surface area (Å²) in [5, 5.41) is 7.46. The molecule has 0 N–H and O–H groups in total. The molecular weight excluding hydrogens is 377 g/mol. The van der Waals surface area contributed by atoms with E-state index in [0.717, 1.165) is 36.5 Å². The molecule has 6 rings (SSSR count).